The molecule has 0 aromatic heterocycles. The Morgan fingerprint density at radius 1 is 1.17 bits per heavy atom. The van der Waals surface area contributed by atoms with Crippen molar-refractivity contribution >= 4 is 52.1 Å². The van der Waals surface area contributed by atoms with E-state index in [-0.39, 0.29) is 41.2 Å². The van der Waals surface area contributed by atoms with Crippen LogP contribution in [0.1, 0.15) is 13.3 Å². The molecule has 0 bridgehead atoms. The standard InChI is InChI=1S/C19H17ClN4O5/c1-11(25)21-13-2-4-14(5-3-13)23-10-12(8-18(23)26)19(27)22-17-9-15(24(28)29)6-7-16(17)20/h2-7,9,12H,8,10H2,1H3,(H,21,25)(H,22,27). The van der Waals surface area contributed by atoms with E-state index in [1.807, 2.05) is 0 Å². The van der Waals surface area contributed by atoms with Gasteiger partial charge >= 0.3 is 0 Å². The largest absolute Gasteiger partial charge is 0.326 e. The third-order valence-corrected chi connectivity index (χ3v) is 4.74. The molecule has 1 atom stereocenters. The Bertz CT molecular complexity index is 993. The highest BCUT2D eigenvalue weighted by molar-refractivity contribution is 6.33. The Morgan fingerprint density at radius 2 is 1.86 bits per heavy atom. The fourth-order valence-corrected chi connectivity index (χ4v) is 3.18. The summed E-state index contributed by atoms with van der Waals surface area (Å²) in [4.78, 5) is 47.9. The minimum absolute atomic E-state index is 0.00578. The summed E-state index contributed by atoms with van der Waals surface area (Å²) in [5, 5.41) is 16.3. The van der Waals surface area contributed by atoms with Gasteiger partial charge in [-0.2, -0.15) is 0 Å². The zero-order valence-electron chi connectivity index (χ0n) is 15.3. The molecule has 29 heavy (non-hydrogen) atoms. The molecule has 1 fully saturated rings. The minimum Gasteiger partial charge on any atom is -0.326 e. The summed E-state index contributed by atoms with van der Waals surface area (Å²) in [7, 11) is 0. The number of nitro benzene ring substituents is 1. The first-order valence-corrected chi connectivity index (χ1v) is 9.05. The quantitative estimate of drug-likeness (QED) is 0.572. The van der Waals surface area contributed by atoms with Gasteiger partial charge in [0.15, 0.2) is 0 Å². The maximum atomic E-state index is 12.6. The van der Waals surface area contributed by atoms with E-state index in [9.17, 15) is 24.5 Å². The molecule has 1 unspecified atom stereocenters. The molecule has 2 N–H and O–H groups in total. The Morgan fingerprint density at radius 3 is 2.48 bits per heavy atom. The number of carbonyl (C=O) groups excluding carboxylic acids is 3. The number of halogens is 1. The molecule has 1 heterocycles. The highest BCUT2D eigenvalue weighted by Gasteiger charge is 2.35. The van der Waals surface area contributed by atoms with E-state index >= 15 is 0 Å². The molecule has 2 aromatic rings. The van der Waals surface area contributed by atoms with Gasteiger partial charge in [-0.05, 0) is 30.3 Å². The Kier molecular flexibility index (Phi) is 5.79. The Hall–Kier alpha value is -3.46. The van der Waals surface area contributed by atoms with Crippen LogP contribution in [-0.2, 0) is 14.4 Å². The third kappa shape index (κ3) is 4.69. The number of rotatable bonds is 5. The van der Waals surface area contributed by atoms with Crippen LogP contribution in [0.15, 0.2) is 42.5 Å². The van der Waals surface area contributed by atoms with Crippen LogP contribution in [0.4, 0.5) is 22.7 Å². The summed E-state index contributed by atoms with van der Waals surface area (Å²) in [5.41, 5.74) is 1.12. The lowest BCUT2D eigenvalue weighted by Gasteiger charge is -2.17. The number of hydrogen-bond acceptors (Lipinski definition) is 5. The maximum absolute atomic E-state index is 12.6. The highest BCUT2D eigenvalue weighted by atomic mass is 35.5. The van der Waals surface area contributed by atoms with Crippen LogP contribution >= 0.6 is 11.6 Å². The number of nitrogens with one attached hydrogen (secondary N) is 2. The van der Waals surface area contributed by atoms with E-state index in [1.54, 1.807) is 24.3 Å². The van der Waals surface area contributed by atoms with Crippen molar-refractivity contribution in [3.63, 3.8) is 0 Å². The van der Waals surface area contributed by atoms with Gasteiger partial charge in [0.25, 0.3) is 5.69 Å². The van der Waals surface area contributed by atoms with Crippen LogP contribution in [0.3, 0.4) is 0 Å². The van der Waals surface area contributed by atoms with E-state index < -0.39 is 16.7 Å². The lowest BCUT2D eigenvalue weighted by molar-refractivity contribution is -0.384. The van der Waals surface area contributed by atoms with E-state index in [1.165, 1.54) is 30.0 Å². The zero-order chi connectivity index (χ0) is 21.1. The minimum atomic E-state index is -0.632. The summed E-state index contributed by atoms with van der Waals surface area (Å²) in [6.45, 7) is 1.56. The number of anilines is 3. The van der Waals surface area contributed by atoms with Crippen LogP contribution in [0.2, 0.25) is 5.02 Å². The number of non-ortho nitro benzene ring substituents is 1. The van der Waals surface area contributed by atoms with Crippen molar-refractivity contribution in [2.75, 3.05) is 22.1 Å². The smallest absolute Gasteiger partial charge is 0.271 e. The number of nitrogens with zero attached hydrogens (tertiary/aromatic N) is 2. The van der Waals surface area contributed by atoms with Crippen molar-refractivity contribution in [2.24, 2.45) is 5.92 Å². The van der Waals surface area contributed by atoms with Gasteiger partial charge in [-0.25, -0.2) is 0 Å². The summed E-state index contributed by atoms with van der Waals surface area (Å²) in [6.07, 6.45) is 0.00578. The van der Waals surface area contributed by atoms with Gasteiger partial charge in [0.2, 0.25) is 17.7 Å². The lowest BCUT2D eigenvalue weighted by atomic mass is 10.1. The first-order valence-electron chi connectivity index (χ1n) is 8.67. The predicted octanol–water partition coefficient (Wildman–Crippen LogP) is 3.20. The molecule has 0 aliphatic carbocycles. The average Bonchev–Trinajstić information content (AvgIpc) is 3.05. The second kappa shape index (κ2) is 8.27. The molecule has 1 aliphatic rings. The first-order chi connectivity index (χ1) is 13.7. The van der Waals surface area contributed by atoms with Gasteiger partial charge in [-0.3, -0.25) is 24.5 Å². The van der Waals surface area contributed by atoms with Crippen molar-refractivity contribution in [1.29, 1.82) is 0 Å². The van der Waals surface area contributed by atoms with Gasteiger partial charge in [0.05, 0.1) is 21.6 Å². The van der Waals surface area contributed by atoms with E-state index in [2.05, 4.69) is 10.6 Å². The van der Waals surface area contributed by atoms with Gasteiger partial charge < -0.3 is 15.5 Å². The summed E-state index contributed by atoms with van der Waals surface area (Å²) in [6, 6.07) is 10.4. The Labute approximate surface area is 170 Å². The maximum Gasteiger partial charge on any atom is 0.271 e. The fraction of sp³-hybridized carbons (Fsp3) is 0.211. The molecule has 1 aliphatic heterocycles. The van der Waals surface area contributed by atoms with Crippen molar-refractivity contribution in [2.45, 2.75) is 13.3 Å². The van der Waals surface area contributed by atoms with Crippen LogP contribution in [-0.4, -0.2) is 29.2 Å². The van der Waals surface area contributed by atoms with E-state index in [0.29, 0.717) is 11.4 Å². The zero-order valence-corrected chi connectivity index (χ0v) is 16.1. The second-order valence-corrected chi connectivity index (χ2v) is 6.95. The van der Waals surface area contributed by atoms with Crippen LogP contribution in [0, 0.1) is 16.0 Å². The topological polar surface area (TPSA) is 122 Å². The van der Waals surface area contributed by atoms with Crippen molar-refractivity contribution < 1.29 is 19.3 Å². The van der Waals surface area contributed by atoms with Crippen LogP contribution in [0.25, 0.3) is 0 Å². The van der Waals surface area contributed by atoms with E-state index in [0.717, 1.165) is 0 Å². The van der Waals surface area contributed by atoms with Crippen molar-refractivity contribution in [3.8, 4) is 0 Å². The summed E-state index contributed by atoms with van der Waals surface area (Å²) in [5.74, 6) is -1.50. The SMILES string of the molecule is CC(=O)Nc1ccc(N2CC(C(=O)Nc3cc([N+](=O)[O-])ccc3Cl)CC2=O)cc1. The molecular weight excluding hydrogens is 400 g/mol. The predicted molar refractivity (Wildman–Crippen MR) is 108 cm³/mol. The molecule has 9 nitrogen and oxygen atoms in total. The van der Waals surface area contributed by atoms with Gasteiger partial charge in [0.1, 0.15) is 0 Å². The number of amides is 3. The molecule has 150 valence electrons. The molecule has 0 radical (unpaired) electrons. The molecule has 10 heteroatoms. The molecule has 0 spiro atoms. The van der Waals surface area contributed by atoms with Crippen molar-refractivity contribution in [3.05, 3.63) is 57.6 Å². The fourth-order valence-electron chi connectivity index (χ4n) is 3.02. The van der Waals surface area contributed by atoms with Crippen LogP contribution < -0.4 is 15.5 Å². The second-order valence-electron chi connectivity index (χ2n) is 6.54. The van der Waals surface area contributed by atoms with Gasteiger partial charge in [-0.15, -0.1) is 0 Å². The van der Waals surface area contributed by atoms with E-state index in [4.69, 9.17) is 11.6 Å². The third-order valence-electron chi connectivity index (χ3n) is 4.41. The average molecular weight is 417 g/mol. The molecular formula is C19H17ClN4O5. The normalized spacial score (nSPS) is 15.9. The number of benzene rings is 2. The summed E-state index contributed by atoms with van der Waals surface area (Å²) >= 11 is 6.01. The lowest BCUT2D eigenvalue weighted by Crippen LogP contribution is -2.28. The van der Waals surface area contributed by atoms with Crippen molar-refractivity contribution in [1.82, 2.24) is 0 Å². The molecule has 3 rings (SSSR count). The molecule has 2 aromatic carbocycles. The number of nitro groups is 1. The Balaban J connectivity index is 1.70. The van der Waals surface area contributed by atoms with Gasteiger partial charge in [-0.1, -0.05) is 11.6 Å². The highest BCUT2D eigenvalue weighted by Crippen LogP contribution is 2.30. The molecule has 0 saturated carbocycles. The monoisotopic (exact) mass is 416 g/mol. The summed E-state index contributed by atoms with van der Waals surface area (Å²) < 4.78 is 0. The molecule has 1 saturated heterocycles. The van der Waals surface area contributed by atoms with Crippen LogP contribution in [0.5, 0.6) is 0 Å². The molecule has 3 amide bonds. The number of carbonyl (C=O) groups is 3. The first kappa shape index (κ1) is 20.3. The number of hydrogen-bond donors (Lipinski definition) is 2. The van der Waals surface area contributed by atoms with Gasteiger partial charge in [0, 0.05) is 43.4 Å².